The maximum Gasteiger partial charge on any atom is 0.256 e. The molecule has 2 aliphatic rings. The van der Waals surface area contributed by atoms with Gasteiger partial charge in [0, 0.05) is 54.2 Å². The number of carbonyl (C=O) groups is 1. The van der Waals surface area contributed by atoms with Crippen LogP contribution in [0.5, 0.6) is 5.75 Å². The first-order valence-corrected chi connectivity index (χ1v) is 16.8. The van der Waals surface area contributed by atoms with Crippen molar-refractivity contribution in [1.82, 2.24) is 24.2 Å². The molecular formula is C34H39N5O6S. The van der Waals surface area contributed by atoms with Crippen molar-refractivity contribution in [2.75, 3.05) is 33.4 Å². The zero-order valence-corrected chi connectivity index (χ0v) is 27.2. The van der Waals surface area contributed by atoms with Gasteiger partial charge in [-0.15, -0.1) is 6.58 Å². The number of benzene rings is 1. The molecule has 0 spiro atoms. The van der Waals surface area contributed by atoms with Gasteiger partial charge in [0.2, 0.25) is 10.0 Å². The molecule has 4 aromatic rings. The Hall–Kier alpha value is -4.26. The van der Waals surface area contributed by atoms with Gasteiger partial charge in [0.05, 0.1) is 48.4 Å². The second-order valence-corrected chi connectivity index (χ2v) is 14.4. The summed E-state index contributed by atoms with van der Waals surface area (Å²) in [6.07, 6.45) is 6.45. The number of aryl methyl sites for hydroxylation is 2. The monoisotopic (exact) mass is 645 g/mol. The maximum absolute atomic E-state index is 14.1. The van der Waals surface area contributed by atoms with Crippen LogP contribution in [0, 0.1) is 13.8 Å². The van der Waals surface area contributed by atoms with E-state index in [2.05, 4.69) is 21.8 Å². The minimum atomic E-state index is -3.81. The molecule has 1 aromatic carbocycles. The molecule has 46 heavy (non-hydrogen) atoms. The molecule has 2 N–H and O–H groups in total. The number of methoxy groups -OCH3 is 1. The molecule has 242 valence electrons. The number of nitrogens with one attached hydrogen (secondary N) is 2. The van der Waals surface area contributed by atoms with Gasteiger partial charge >= 0.3 is 0 Å². The highest BCUT2D eigenvalue weighted by atomic mass is 32.2. The number of fused-ring (bicyclic) bond motifs is 1. The van der Waals surface area contributed by atoms with E-state index in [1.165, 1.54) is 11.1 Å². The zero-order valence-electron chi connectivity index (χ0n) is 26.4. The van der Waals surface area contributed by atoms with Crippen molar-refractivity contribution in [3.8, 4) is 16.9 Å². The van der Waals surface area contributed by atoms with Crippen molar-refractivity contribution >= 4 is 26.8 Å². The number of rotatable bonds is 11. The molecule has 6 rings (SSSR count). The van der Waals surface area contributed by atoms with Crippen LogP contribution in [0.25, 0.3) is 22.0 Å². The number of ether oxygens (including phenoxy) is 2. The molecule has 1 saturated heterocycles. The lowest BCUT2D eigenvalue weighted by Gasteiger charge is -2.26. The van der Waals surface area contributed by atoms with Crippen molar-refractivity contribution in [3.05, 3.63) is 93.8 Å². The normalized spacial score (nSPS) is 16.3. The predicted octanol–water partition coefficient (Wildman–Crippen LogP) is 4.07. The van der Waals surface area contributed by atoms with Crippen LogP contribution in [0.3, 0.4) is 0 Å². The van der Waals surface area contributed by atoms with Gasteiger partial charge in [-0.25, -0.2) is 12.4 Å². The Morgan fingerprint density at radius 1 is 1.17 bits per heavy atom. The smallest absolute Gasteiger partial charge is 0.256 e. The number of allylic oxidation sites excluding steroid dienone is 1. The molecule has 2 fully saturated rings. The molecule has 3 aromatic heterocycles. The minimum absolute atomic E-state index is 0.0817. The summed E-state index contributed by atoms with van der Waals surface area (Å²) >= 11 is 0. The van der Waals surface area contributed by atoms with Crippen LogP contribution < -0.4 is 15.6 Å². The van der Waals surface area contributed by atoms with Crippen LogP contribution in [0.1, 0.15) is 52.1 Å². The van der Waals surface area contributed by atoms with Gasteiger partial charge in [0.15, 0.2) is 0 Å². The van der Waals surface area contributed by atoms with E-state index >= 15 is 0 Å². The molecule has 1 aliphatic heterocycles. The highest BCUT2D eigenvalue weighted by Crippen LogP contribution is 2.49. The number of H-pyrrole nitrogens is 1. The maximum atomic E-state index is 14.1. The lowest BCUT2D eigenvalue weighted by molar-refractivity contribution is 0.0336. The fraction of sp³-hybridized carbons (Fsp3) is 0.382. The third-order valence-corrected chi connectivity index (χ3v) is 11.4. The molecular weight excluding hydrogens is 606 g/mol. The molecule has 12 heteroatoms. The topological polar surface area (TPSA) is 136 Å². The lowest BCUT2D eigenvalue weighted by Crippen LogP contribution is -2.35. The van der Waals surface area contributed by atoms with Crippen LogP contribution in [0.2, 0.25) is 0 Å². The van der Waals surface area contributed by atoms with Crippen LogP contribution in [0.4, 0.5) is 0 Å². The summed E-state index contributed by atoms with van der Waals surface area (Å²) in [5, 5.41) is 3.40. The van der Waals surface area contributed by atoms with Crippen LogP contribution in [-0.4, -0.2) is 71.3 Å². The Bertz CT molecular complexity index is 1970. The standard InChI is InChI=1S/C34H39N5O6S/c1-5-8-34(9-10-34)46(42,43)39-20-22(2)31-27(32(40)36-19-28-30(44-4)15-23(3)37-33(28)41)16-25(17-29(31)39)24-6-7-26(35-18-24)21-38-11-13-45-14-12-38/h5-7,15-18,20H,1,8-14,19,21H2,2-4H3,(H,36,40)(H,37,41). The summed E-state index contributed by atoms with van der Waals surface area (Å²) in [4.78, 5) is 36.4. The predicted molar refractivity (Wildman–Crippen MR) is 177 cm³/mol. The largest absolute Gasteiger partial charge is 0.496 e. The first-order valence-electron chi connectivity index (χ1n) is 15.4. The van der Waals surface area contributed by atoms with Gasteiger partial charge in [-0.1, -0.05) is 12.1 Å². The highest BCUT2D eigenvalue weighted by Gasteiger charge is 2.54. The van der Waals surface area contributed by atoms with Crippen molar-refractivity contribution in [1.29, 1.82) is 0 Å². The number of nitrogens with zero attached hydrogens (tertiary/aromatic N) is 3. The molecule has 4 heterocycles. The second kappa shape index (κ2) is 12.5. The Morgan fingerprint density at radius 3 is 2.59 bits per heavy atom. The van der Waals surface area contributed by atoms with E-state index in [4.69, 9.17) is 14.5 Å². The third-order valence-electron chi connectivity index (χ3n) is 8.96. The first-order chi connectivity index (χ1) is 22.1. The van der Waals surface area contributed by atoms with Crippen molar-refractivity contribution < 1.29 is 22.7 Å². The van der Waals surface area contributed by atoms with Gasteiger partial charge in [0.1, 0.15) is 5.75 Å². The SMILES string of the molecule is C=CCC1(S(=O)(=O)n2cc(C)c3c(C(=O)NCc4c(OC)cc(C)[nH]c4=O)cc(-c4ccc(CN5CCOCC5)nc4)cc32)CC1. The summed E-state index contributed by atoms with van der Waals surface area (Å²) in [6.45, 7) is 11.0. The van der Waals surface area contributed by atoms with Gasteiger partial charge in [-0.3, -0.25) is 19.5 Å². The number of morpholine rings is 1. The minimum Gasteiger partial charge on any atom is -0.496 e. The molecule has 0 radical (unpaired) electrons. The number of hydrogen-bond donors (Lipinski definition) is 2. The number of aromatic amines is 1. The fourth-order valence-electron chi connectivity index (χ4n) is 6.22. The molecule has 11 nitrogen and oxygen atoms in total. The molecule has 0 bridgehead atoms. The Balaban J connectivity index is 1.42. The number of amides is 1. The van der Waals surface area contributed by atoms with E-state index < -0.39 is 20.7 Å². The molecule has 0 unspecified atom stereocenters. The molecule has 1 saturated carbocycles. The van der Waals surface area contributed by atoms with Gasteiger partial charge < -0.3 is 19.8 Å². The average Bonchev–Trinajstić information content (AvgIpc) is 3.76. The molecule has 0 atom stereocenters. The second-order valence-electron chi connectivity index (χ2n) is 12.1. The van der Waals surface area contributed by atoms with Crippen molar-refractivity contribution in [2.24, 2.45) is 0 Å². The summed E-state index contributed by atoms with van der Waals surface area (Å²) < 4.78 is 39.4. The summed E-state index contributed by atoms with van der Waals surface area (Å²) in [6, 6.07) is 9.16. The van der Waals surface area contributed by atoms with E-state index in [-0.39, 0.29) is 17.7 Å². The Kier molecular flexibility index (Phi) is 8.62. The Morgan fingerprint density at radius 2 is 1.93 bits per heavy atom. The van der Waals surface area contributed by atoms with E-state index in [1.807, 2.05) is 18.2 Å². The molecule has 1 aliphatic carbocycles. The summed E-state index contributed by atoms with van der Waals surface area (Å²) in [5.74, 6) is -0.0784. The zero-order chi connectivity index (χ0) is 32.6. The van der Waals surface area contributed by atoms with Crippen LogP contribution in [-0.2, 0) is 27.8 Å². The summed E-state index contributed by atoms with van der Waals surface area (Å²) in [7, 11) is -2.34. The first kappa shape index (κ1) is 31.7. The van der Waals surface area contributed by atoms with Crippen LogP contribution >= 0.6 is 0 Å². The molecule has 1 amide bonds. The third kappa shape index (κ3) is 5.88. The number of pyridine rings is 2. The lowest BCUT2D eigenvalue weighted by atomic mass is 9.99. The van der Waals surface area contributed by atoms with E-state index in [0.29, 0.717) is 78.1 Å². The van der Waals surface area contributed by atoms with Crippen LogP contribution in [0.15, 0.2) is 60.2 Å². The van der Waals surface area contributed by atoms with E-state index in [9.17, 15) is 18.0 Å². The van der Waals surface area contributed by atoms with Gasteiger partial charge in [0.25, 0.3) is 11.5 Å². The fourth-order valence-corrected chi connectivity index (χ4v) is 8.29. The van der Waals surface area contributed by atoms with E-state index in [1.54, 1.807) is 44.4 Å². The Labute approximate surface area is 268 Å². The van der Waals surface area contributed by atoms with Crippen molar-refractivity contribution in [2.45, 2.75) is 50.9 Å². The number of aromatic nitrogens is 3. The van der Waals surface area contributed by atoms with E-state index in [0.717, 1.165) is 24.3 Å². The number of hydrogen-bond acceptors (Lipinski definition) is 8. The summed E-state index contributed by atoms with van der Waals surface area (Å²) in [5.41, 5.74) is 4.23. The van der Waals surface area contributed by atoms with Gasteiger partial charge in [-0.05, 0) is 68.5 Å². The highest BCUT2D eigenvalue weighted by molar-refractivity contribution is 7.91. The number of carbonyl (C=O) groups excluding carboxylic acids is 1. The van der Waals surface area contributed by atoms with Gasteiger partial charge in [-0.2, -0.15) is 0 Å². The quantitative estimate of drug-likeness (QED) is 0.233. The average molecular weight is 646 g/mol. The van der Waals surface area contributed by atoms with Crippen molar-refractivity contribution in [3.63, 3.8) is 0 Å².